The van der Waals surface area contributed by atoms with Crippen LogP contribution < -0.4 is 16.0 Å². The summed E-state index contributed by atoms with van der Waals surface area (Å²) < 4.78 is 27.5. The molecule has 11 heteroatoms. The molecule has 0 aromatic heterocycles. The predicted octanol–water partition coefficient (Wildman–Crippen LogP) is -0.0229. The molecule has 0 bridgehead atoms. The minimum Gasteiger partial charge on any atom is -0.389 e. The molecule has 0 radical (unpaired) electrons. The highest BCUT2D eigenvalue weighted by Crippen LogP contribution is 2.19. The van der Waals surface area contributed by atoms with Crippen molar-refractivity contribution in [3.8, 4) is 0 Å². The van der Waals surface area contributed by atoms with Gasteiger partial charge < -0.3 is 30.9 Å². The van der Waals surface area contributed by atoms with E-state index in [0.29, 0.717) is 26.2 Å². The highest BCUT2D eigenvalue weighted by molar-refractivity contribution is 5.91. The summed E-state index contributed by atoms with van der Waals surface area (Å²) >= 11 is 0. The smallest absolute Gasteiger partial charge is 0.320 e. The van der Waals surface area contributed by atoms with Gasteiger partial charge in [0.25, 0.3) is 0 Å². The highest BCUT2D eigenvalue weighted by atomic mass is 19.1. The Morgan fingerprint density at radius 2 is 1.91 bits per heavy atom. The Hall–Kier alpha value is -2.79. The second-order valence-electron chi connectivity index (χ2n) is 8.34. The molecule has 4 N–H and O–H groups in total. The number of aliphatic hydroxyl groups excluding tert-OH is 1. The van der Waals surface area contributed by atoms with E-state index in [0.717, 1.165) is 24.6 Å². The first kappa shape index (κ1) is 24.8. The maximum absolute atomic E-state index is 13.7. The molecule has 2 aliphatic rings. The summed E-state index contributed by atoms with van der Waals surface area (Å²) in [6.45, 7) is 5.57. The standard InChI is InChI=1S/C22H31F2N5O4/c1-3-7-28-12-17(29(4-2)22(28)33)20(31)27-16(10-13-8-14(23)11-15(24)9-13)19(30)18-21(32)26-6-5-25-18/h8-9,11,16-19,25,30H,3-7,10,12H2,1-2H3,(H,26,32)(H,27,31)/t16-,17?,18-,19-/m0/s1. The molecule has 4 amide bonds. The number of halogens is 2. The fourth-order valence-corrected chi connectivity index (χ4v) is 4.38. The number of amides is 4. The second kappa shape index (κ2) is 10.9. The van der Waals surface area contributed by atoms with Gasteiger partial charge in [-0.15, -0.1) is 0 Å². The van der Waals surface area contributed by atoms with Crippen LogP contribution in [0.15, 0.2) is 18.2 Å². The molecular weight excluding hydrogens is 436 g/mol. The first-order valence-corrected chi connectivity index (χ1v) is 11.2. The number of hydrogen-bond acceptors (Lipinski definition) is 5. The Kier molecular flexibility index (Phi) is 8.20. The maximum Gasteiger partial charge on any atom is 0.320 e. The van der Waals surface area contributed by atoms with Gasteiger partial charge in [0.05, 0.1) is 18.7 Å². The summed E-state index contributed by atoms with van der Waals surface area (Å²) in [6, 6.07) is -0.0955. The van der Waals surface area contributed by atoms with Crippen LogP contribution in [0.25, 0.3) is 0 Å². The average molecular weight is 468 g/mol. The Morgan fingerprint density at radius 1 is 1.21 bits per heavy atom. The molecule has 1 aromatic rings. The third-order valence-electron chi connectivity index (χ3n) is 5.95. The molecule has 0 spiro atoms. The van der Waals surface area contributed by atoms with Gasteiger partial charge in [0.2, 0.25) is 11.8 Å². The van der Waals surface area contributed by atoms with Crippen LogP contribution >= 0.6 is 0 Å². The average Bonchev–Trinajstić information content (AvgIpc) is 3.08. The number of hydrogen-bond donors (Lipinski definition) is 4. The van der Waals surface area contributed by atoms with Crippen molar-refractivity contribution in [3.05, 3.63) is 35.4 Å². The van der Waals surface area contributed by atoms with Crippen molar-refractivity contribution in [2.24, 2.45) is 0 Å². The molecule has 4 atom stereocenters. The van der Waals surface area contributed by atoms with E-state index in [4.69, 9.17) is 0 Å². The summed E-state index contributed by atoms with van der Waals surface area (Å²) in [5, 5.41) is 19.3. The van der Waals surface area contributed by atoms with Crippen LogP contribution in [-0.2, 0) is 16.0 Å². The van der Waals surface area contributed by atoms with Gasteiger partial charge in [-0.1, -0.05) is 6.92 Å². The molecule has 2 fully saturated rings. The molecule has 2 saturated heterocycles. The van der Waals surface area contributed by atoms with E-state index in [1.807, 2.05) is 6.92 Å². The fraction of sp³-hybridized carbons (Fsp3) is 0.591. The predicted molar refractivity (Wildman–Crippen MR) is 116 cm³/mol. The van der Waals surface area contributed by atoms with Gasteiger partial charge in [-0.2, -0.15) is 0 Å². The lowest BCUT2D eigenvalue weighted by atomic mass is 9.94. The zero-order valence-electron chi connectivity index (χ0n) is 18.8. The molecule has 0 saturated carbocycles. The highest BCUT2D eigenvalue weighted by Gasteiger charge is 2.42. The zero-order chi connectivity index (χ0) is 24.1. The number of urea groups is 1. The third kappa shape index (κ3) is 5.77. The molecule has 2 heterocycles. The van der Waals surface area contributed by atoms with Gasteiger partial charge in [-0.25, -0.2) is 13.6 Å². The molecular formula is C22H31F2N5O4. The van der Waals surface area contributed by atoms with Crippen LogP contribution in [0.5, 0.6) is 0 Å². The molecule has 1 unspecified atom stereocenters. The number of carbonyl (C=O) groups excluding carboxylic acids is 3. The van der Waals surface area contributed by atoms with Crippen LogP contribution in [0, 0.1) is 11.6 Å². The summed E-state index contributed by atoms with van der Waals surface area (Å²) in [5.41, 5.74) is 0.218. The summed E-state index contributed by atoms with van der Waals surface area (Å²) in [7, 11) is 0. The number of nitrogens with zero attached hydrogens (tertiary/aromatic N) is 2. The molecule has 182 valence electrons. The molecule has 2 aliphatic heterocycles. The van der Waals surface area contributed by atoms with E-state index in [1.165, 1.54) is 4.90 Å². The van der Waals surface area contributed by atoms with Crippen LogP contribution in [0.3, 0.4) is 0 Å². The van der Waals surface area contributed by atoms with E-state index >= 15 is 0 Å². The van der Waals surface area contributed by atoms with Crippen LogP contribution in [-0.4, -0.2) is 89.7 Å². The number of aliphatic hydroxyl groups is 1. The third-order valence-corrected chi connectivity index (χ3v) is 5.95. The van der Waals surface area contributed by atoms with Gasteiger partial charge >= 0.3 is 6.03 Å². The van der Waals surface area contributed by atoms with Crippen LogP contribution in [0.4, 0.5) is 13.6 Å². The van der Waals surface area contributed by atoms with Crippen molar-refractivity contribution in [1.82, 2.24) is 25.8 Å². The van der Waals surface area contributed by atoms with E-state index in [1.54, 1.807) is 11.8 Å². The lowest BCUT2D eigenvalue weighted by molar-refractivity contribution is -0.131. The summed E-state index contributed by atoms with van der Waals surface area (Å²) in [5.74, 6) is -2.50. The first-order valence-electron chi connectivity index (χ1n) is 11.2. The van der Waals surface area contributed by atoms with Gasteiger partial charge in [0.15, 0.2) is 0 Å². The number of carbonyl (C=O) groups is 3. The van der Waals surface area contributed by atoms with E-state index < -0.39 is 47.7 Å². The van der Waals surface area contributed by atoms with Crippen LogP contribution in [0.2, 0.25) is 0 Å². The first-order chi connectivity index (χ1) is 15.7. The largest absolute Gasteiger partial charge is 0.389 e. The summed E-state index contributed by atoms with van der Waals surface area (Å²) in [6.07, 6.45) is -0.745. The number of benzene rings is 1. The number of piperazine rings is 1. The van der Waals surface area contributed by atoms with E-state index in [9.17, 15) is 28.3 Å². The second-order valence-corrected chi connectivity index (χ2v) is 8.34. The monoisotopic (exact) mass is 467 g/mol. The SMILES string of the molecule is CCCN1CC(C(=O)N[C@@H](Cc2cc(F)cc(F)c2)[C@H](O)[C@@H]2NCCNC2=O)N(CC)C1=O. The van der Waals surface area contributed by atoms with Gasteiger partial charge in [-0.3, -0.25) is 9.59 Å². The molecule has 3 rings (SSSR count). The normalized spacial score (nSPS) is 22.8. The van der Waals surface area contributed by atoms with Crippen molar-refractivity contribution in [2.75, 3.05) is 32.7 Å². The molecule has 1 aromatic carbocycles. The topological polar surface area (TPSA) is 114 Å². The lowest BCUT2D eigenvalue weighted by Crippen LogP contribution is -2.64. The molecule has 0 aliphatic carbocycles. The number of rotatable bonds is 9. The van der Waals surface area contributed by atoms with Gasteiger partial charge in [-0.05, 0) is 37.5 Å². The van der Waals surface area contributed by atoms with Crippen molar-refractivity contribution >= 4 is 17.8 Å². The minimum atomic E-state index is -1.38. The van der Waals surface area contributed by atoms with Crippen LogP contribution in [0.1, 0.15) is 25.8 Å². The Bertz CT molecular complexity index is 866. The quantitative estimate of drug-likeness (QED) is 0.408. The Balaban J connectivity index is 1.82. The van der Waals surface area contributed by atoms with E-state index in [2.05, 4.69) is 16.0 Å². The maximum atomic E-state index is 13.7. The Morgan fingerprint density at radius 3 is 2.52 bits per heavy atom. The Labute approximate surface area is 191 Å². The van der Waals surface area contributed by atoms with Gasteiger partial charge in [0, 0.05) is 32.2 Å². The minimum absolute atomic E-state index is 0.113. The molecule has 33 heavy (non-hydrogen) atoms. The van der Waals surface area contributed by atoms with Crippen molar-refractivity contribution < 1.29 is 28.3 Å². The zero-order valence-corrected chi connectivity index (χ0v) is 18.8. The molecule has 9 nitrogen and oxygen atoms in total. The van der Waals surface area contributed by atoms with Gasteiger partial charge in [0.1, 0.15) is 23.7 Å². The van der Waals surface area contributed by atoms with Crippen molar-refractivity contribution in [1.29, 1.82) is 0 Å². The number of likely N-dealkylation sites (N-methyl/N-ethyl adjacent to an activating group) is 1. The van der Waals surface area contributed by atoms with Crippen molar-refractivity contribution in [3.63, 3.8) is 0 Å². The summed E-state index contributed by atoms with van der Waals surface area (Å²) in [4.78, 5) is 41.1. The van der Waals surface area contributed by atoms with Crippen molar-refractivity contribution in [2.45, 2.75) is 50.9 Å². The number of nitrogens with one attached hydrogen (secondary N) is 3. The van der Waals surface area contributed by atoms with E-state index in [-0.39, 0.29) is 24.6 Å². The lowest BCUT2D eigenvalue weighted by Gasteiger charge is -2.34. The fourth-order valence-electron chi connectivity index (χ4n) is 4.38.